The predicted octanol–water partition coefficient (Wildman–Crippen LogP) is 3.73. The Morgan fingerprint density at radius 1 is 1.03 bits per heavy atom. The molecule has 1 heterocycles. The zero-order valence-corrected chi connectivity index (χ0v) is 17.2. The van der Waals surface area contributed by atoms with Gasteiger partial charge in [-0.15, -0.1) is 5.10 Å². The normalized spacial score (nSPS) is 15.4. The van der Waals surface area contributed by atoms with Crippen LogP contribution in [0.3, 0.4) is 0 Å². The molecule has 3 aromatic rings. The first-order chi connectivity index (χ1) is 14.7. The highest BCUT2D eigenvalue weighted by molar-refractivity contribution is 5.93. The standard InChI is InChI=1S/C22H25N5O3/c1-29-19-13-7-5-11-17(19)23-22(14-8-3-9-15-22)21-24-25-26-27(21)18-12-6-4-10-16(18)20(28)30-2/h4-7,10-13,23H,3,8-9,14-15H2,1-2H3. The van der Waals surface area contributed by atoms with Crippen molar-refractivity contribution >= 4 is 11.7 Å². The summed E-state index contributed by atoms with van der Waals surface area (Å²) in [5.74, 6) is 1.00. The van der Waals surface area contributed by atoms with Crippen LogP contribution in [0, 0.1) is 0 Å². The van der Waals surface area contributed by atoms with Crippen LogP contribution in [0.1, 0.15) is 48.3 Å². The highest BCUT2D eigenvalue weighted by Gasteiger charge is 2.40. The first-order valence-corrected chi connectivity index (χ1v) is 10.1. The molecule has 30 heavy (non-hydrogen) atoms. The van der Waals surface area contributed by atoms with Crippen molar-refractivity contribution in [1.29, 1.82) is 0 Å². The Balaban J connectivity index is 1.82. The number of hydrogen-bond donors (Lipinski definition) is 1. The van der Waals surface area contributed by atoms with Gasteiger partial charge in [-0.05, 0) is 47.5 Å². The third-order valence-electron chi connectivity index (χ3n) is 5.62. The van der Waals surface area contributed by atoms with Gasteiger partial charge in [-0.25, -0.2) is 4.79 Å². The minimum atomic E-state index is -0.486. The maximum atomic E-state index is 12.3. The first-order valence-electron chi connectivity index (χ1n) is 10.1. The van der Waals surface area contributed by atoms with E-state index in [1.54, 1.807) is 23.9 Å². The molecule has 0 bridgehead atoms. The second-order valence-electron chi connectivity index (χ2n) is 7.39. The molecule has 1 aliphatic rings. The number of carbonyl (C=O) groups is 1. The van der Waals surface area contributed by atoms with Gasteiger partial charge in [0.15, 0.2) is 5.82 Å². The molecule has 4 rings (SSSR count). The molecular weight excluding hydrogens is 382 g/mol. The molecule has 0 atom stereocenters. The van der Waals surface area contributed by atoms with E-state index in [0.717, 1.165) is 43.5 Å². The molecule has 1 N–H and O–H groups in total. The first kappa shape index (κ1) is 19.9. The van der Waals surface area contributed by atoms with E-state index in [2.05, 4.69) is 20.8 Å². The number of rotatable bonds is 6. The number of aromatic nitrogens is 4. The van der Waals surface area contributed by atoms with Gasteiger partial charge in [-0.1, -0.05) is 43.5 Å². The average molecular weight is 407 g/mol. The molecule has 1 aliphatic carbocycles. The lowest BCUT2D eigenvalue weighted by atomic mass is 9.80. The summed E-state index contributed by atoms with van der Waals surface area (Å²) in [6.07, 6.45) is 4.99. The van der Waals surface area contributed by atoms with Crippen molar-refractivity contribution in [3.05, 3.63) is 59.9 Å². The van der Waals surface area contributed by atoms with E-state index in [1.807, 2.05) is 36.4 Å². The van der Waals surface area contributed by atoms with Gasteiger partial charge in [0.1, 0.15) is 5.75 Å². The highest BCUT2D eigenvalue weighted by Crippen LogP contribution is 2.41. The molecule has 156 valence electrons. The summed E-state index contributed by atoms with van der Waals surface area (Å²) >= 11 is 0. The fourth-order valence-electron chi connectivity index (χ4n) is 4.15. The van der Waals surface area contributed by atoms with E-state index in [1.165, 1.54) is 7.11 Å². The van der Waals surface area contributed by atoms with Gasteiger partial charge in [0.25, 0.3) is 0 Å². The Labute approximate surface area is 175 Å². The molecule has 0 aliphatic heterocycles. The number of ether oxygens (including phenoxy) is 2. The van der Waals surface area contributed by atoms with Crippen molar-refractivity contribution < 1.29 is 14.3 Å². The zero-order chi connectivity index (χ0) is 21.0. The van der Waals surface area contributed by atoms with Crippen LogP contribution in [0.25, 0.3) is 5.69 Å². The number of methoxy groups -OCH3 is 2. The van der Waals surface area contributed by atoms with Gasteiger partial charge in [0, 0.05) is 0 Å². The number of tetrazole rings is 1. The third-order valence-corrected chi connectivity index (χ3v) is 5.62. The third kappa shape index (κ3) is 3.60. The van der Waals surface area contributed by atoms with Gasteiger partial charge in [-0.2, -0.15) is 4.68 Å². The average Bonchev–Trinajstić information content (AvgIpc) is 3.30. The van der Waals surface area contributed by atoms with E-state index in [0.29, 0.717) is 17.1 Å². The van der Waals surface area contributed by atoms with Crippen molar-refractivity contribution in [2.45, 2.75) is 37.6 Å². The van der Waals surface area contributed by atoms with E-state index < -0.39 is 11.5 Å². The quantitative estimate of drug-likeness (QED) is 0.623. The maximum absolute atomic E-state index is 12.3. The van der Waals surface area contributed by atoms with Crippen LogP contribution in [0.4, 0.5) is 5.69 Å². The number of benzene rings is 2. The van der Waals surface area contributed by atoms with Gasteiger partial charge < -0.3 is 14.8 Å². The summed E-state index contributed by atoms with van der Waals surface area (Å²) in [6.45, 7) is 0. The number of anilines is 1. The fraction of sp³-hybridized carbons (Fsp3) is 0.364. The number of esters is 1. The Morgan fingerprint density at radius 3 is 2.53 bits per heavy atom. The summed E-state index contributed by atoms with van der Waals surface area (Å²) in [5, 5.41) is 16.3. The molecule has 1 saturated carbocycles. The summed E-state index contributed by atoms with van der Waals surface area (Å²) in [6, 6.07) is 15.0. The van der Waals surface area contributed by atoms with Crippen LogP contribution in [0.2, 0.25) is 0 Å². The molecule has 0 spiro atoms. The van der Waals surface area contributed by atoms with Crippen molar-refractivity contribution in [2.75, 3.05) is 19.5 Å². The lowest BCUT2D eigenvalue weighted by Crippen LogP contribution is -2.40. The Bertz CT molecular complexity index is 1030. The van der Waals surface area contributed by atoms with Crippen molar-refractivity contribution in [1.82, 2.24) is 20.2 Å². The lowest BCUT2D eigenvalue weighted by Gasteiger charge is -2.38. The van der Waals surface area contributed by atoms with E-state index in [4.69, 9.17) is 9.47 Å². The van der Waals surface area contributed by atoms with Crippen LogP contribution in [-0.4, -0.2) is 40.4 Å². The van der Waals surface area contributed by atoms with E-state index >= 15 is 0 Å². The van der Waals surface area contributed by atoms with Crippen LogP contribution in [-0.2, 0) is 10.3 Å². The summed E-state index contributed by atoms with van der Waals surface area (Å²) in [7, 11) is 3.02. The topological polar surface area (TPSA) is 91.2 Å². The lowest BCUT2D eigenvalue weighted by molar-refractivity contribution is 0.0600. The largest absolute Gasteiger partial charge is 0.495 e. The van der Waals surface area contributed by atoms with Crippen molar-refractivity contribution in [2.24, 2.45) is 0 Å². The smallest absolute Gasteiger partial charge is 0.340 e. The van der Waals surface area contributed by atoms with Gasteiger partial charge >= 0.3 is 5.97 Å². The summed E-state index contributed by atoms with van der Waals surface area (Å²) < 4.78 is 12.2. The molecule has 0 unspecified atom stereocenters. The Kier molecular flexibility index (Phi) is 5.65. The molecule has 0 amide bonds. The minimum absolute atomic E-state index is 0.414. The number of nitrogens with one attached hydrogen (secondary N) is 1. The van der Waals surface area contributed by atoms with Gasteiger partial charge in [0.2, 0.25) is 0 Å². The van der Waals surface area contributed by atoms with E-state index in [-0.39, 0.29) is 0 Å². The van der Waals surface area contributed by atoms with Crippen molar-refractivity contribution in [3.63, 3.8) is 0 Å². The van der Waals surface area contributed by atoms with E-state index in [9.17, 15) is 4.79 Å². The number of carbonyl (C=O) groups excluding carboxylic acids is 1. The van der Waals surface area contributed by atoms with Crippen molar-refractivity contribution in [3.8, 4) is 11.4 Å². The number of hydrogen-bond acceptors (Lipinski definition) is 7. The highest BCUT2D eigenvalue weighted by atomic mass is 16.5. The molecule has 2 aromatic carbocycles. The zero-order valence-electron chi connectivity index (χ0n) is 17.2. The van der Waals surface area contributed by atoms with Crippen LogP contribution < -0.4 is 10.1 Å². The molecule has 0 radical (unpaired) electrons. The maximum Gasteiger partial charge on any atom is 0.340 e. The SMILES string of the molecule is COC(=O)c1ccccc1-n1nnnc1C1(Nc2ccccc2OC)CCCCC1. The van der Waals surface area contributed by atoms with Crippen LogP contribution in [0.15, 0.2) is 48.5 Å². The Hall–Kier alpha value is -3.42. The molecule has 8 heteroatoms. The van der Waals surface area contributed by atoms with Crippen LogP contribution >= 0.6 is 0 Å². The predicted molar refractivity (Wildman–Crippen MR) is 112 cm³/mol. The minimum Gasteiger partial charge on any atom is -0.495 e. The molecule has 0 saturated heterocycles. The Morgan fingerprint density at radius 2 is 1.77 bits per heavy atom. The van der Waals surface area contributed by atoms with Crippen LogP contribution in [0.5, 0.6) is 5.75 Å². The monoisotopic (exact) mass is 407 g/mol. The summed E-state index contributed by atoms with van der Waals surface area (Å²) in [4.78, 5) is 12.3. The second-order valence-corrected chi connectivity index (χ2v) is 7.39. The molecule has 8 nitrogen and oxygen atoms in total. The molecule has 1 aromatic heterocycles. The fourth-order valence-corrected chi connectivity index (χ4v) is 4.15. The van der Waals surface area contributed by atoms with Gasteiger partial charge in [0.05, 0.1) is 36.7 Å². The second kappa shape index (κ2) is 8.52. The number of para-hydroxylation sites is 3. The molecule has 1 fully saturated rings. The van der Waals surface area contributed by atoms with Gasteiger partial charge in [-0.3, -0.25) is 0 Å². The summed E-state index contributed by atoms with van der Waals surface area (Å²) in [5.41, 5.74) is 1.41. The molecular formula is C22H25N5O3. The number of nitrogens with zero attached hydrogens (tertiary/aromatic N) is 4.